The number of amides is 2. The second kappa shape index (κ2) is 10.3. The summed E-state index contributed by atoms with van der Waals surface area (Å²) in [7, 11) is 1.49. The lowest BCUT2D eigenvalue weighted by Gasteiger charge is -2.09. The van der Waals surface area contributed by atoms with Crippen LogP contribution in [0.2, 0.25) is 0 Å². The number of rotatable bonds is 8. The van der Waals surface area contributed by atoms with Gasteiger partial charge in [0.05, 0.1) is 30.1 Å². The van der Waals surface area contributed by atoms with Gasteiger partial charge < -0.3 is 19.9 Å². The first kappa shape index (κ1) is 21.2. The number of anilines is 1. The Labute approximate surface area is 170 Å². The van der Waals surface area contributed by atoms with Crippen molar-refractivity contribution in [3.63, 3.8) is 0 Å². The summed E-state index contributed by atoms with van der Waals surface area (Å²) in [6.45, 7) is 2.18. The van der Waals surface area contributed by atoms with Crippen LogP contribution in [0.15, 0.2) is 46.0 Å². The summed E-state index contributed by atoms with van der Waals surface area (Å²) in [4.78, 5) is 23.9. The molecule has 0 unspecified atom stereocenters. The lowest BCUT2D eigenvalue weighted by molar-refractivity contribution is -0.126. The van der Waals surface area contributed by atoms with Gasteiger partial charge in [-0.3, -0.25) is 9.59 Å². The van der Waals surface area contributed by atoms with E-state index in [1.54, 1.807) is 43.3 Å². The molecule has 3 N–H and O–H groups in total. The number of phenolic OH excluding ortho intramolecular Hbond substituents is 1. The summed E-state index contributed by atoms with van der Waals surface area (Å²) in [6, 6.07) is 10.1. The molecular weight excluding hydrogens is 430 g/mol. The normalized spacial score (nSPS) is 10.5. The number of carbonyl (C=O) groups excluding carboxylic acids is 2. The van der Waals surface area contributed by atoms with E-state index in [1.165, 1.54) is 13.3 Å². The molecule has 0 bridgehead atoms. The van der Waals surface area contributed by atoms with Crippen LogP contribution in [0.5, 0.6) is 17.2 Å². The van der Waals surface area contributed by atoms with Crippen molar-refractivity contribution in [3.05, 3.63) is 46.4 Å². The SMILES string of the molecule is CCOc1cc(C=NNC(=O)CC(=O)Nc2ccccc2OC)cc(Br)c1O. The number of carbonyl (C=O) groups is 2. The molecular formula is C19H20BrN3O5. The number of methoxy groups -OCH3 is 1. The van der Waals surface area contributed by atoms with Gasteiger partial charge in [-0.15, -0.1) is 0 Å². The minimum Gasteiger partial charge on any atom is -0.503 e. The number of ether oxygens (including phenoxy) is 2. The Morgan fingerprint density at radius 2 is 1.96 bits per heavy atom. The molecule has 28 heavy (non-hydrogen) atoms. The molecule has 9 heteroatoms. The smallest absolute Gasteiger partial charge is 0.249 e. The van der Waals surface area contributed by atoms with Gasteiger partial charge in [0.2, 0.25) is 11.8 Å². The first-order valence-electron chi connectivity index (χ1n) is 8.34. The summed E-state index contributed by atoms with van der Waals surface area (Å²) in [6.07, 6.45) is 0.974. The Bertz CT molecular complexity index is 886. The molecule has 0 heterocycles. The van der Waals surface area contributed by atoms with Crippen molar-refractivity contribution in [3.8, 4) is 17.2 Å². The number of hydrogen-bond acceptors (Lipinski definition) is 6. The molecule has 148 valence electrons. The number of phenols is 1. The Morgan fingerprint density at radius 3 is 2.68 bits per heavy atom. The Kier molecular flexibility index (Phi) is 7.82. The minimum atomic E-state index is -0.577. The molecule has 2 rings (SSSR count). The average Bonchev–Trinajstić information content (AvgIpc) is 2.66. The maximum Gasteiger partial charge on any atom is 0.249 e. The fourth-order valence-electron chi connectivity index (χ4n) is 2.24. The predicted molar refractivity (Wildman–Crippen MR) is 109 cm³/mol. The van der Waals surface area contributed by atoms with E-state index < -0.39 is 18.2 Å². The van der Waals surface area contributed by atoms with Crippen LogP contribution in [0.4, 0.5) is 5.69 Å². The van der Waals surface area contributed by atoms with Gasteiger partial charge in [-0.05, 0) is 52.7 Å². The highest BCUT2D eigenvalue weighted by Crippen LogP contribution is 2.35. The molecule has 0 spiro atoms. The predicted octanol–water partition coefficient (Wildman–Crippen LogP) is 3.04. The third-order valence-electron chi connectivity index (χ3n) is 3.46. The van der Waals surface area contributed by atoms with Crippen LogP contribution < -0.4 is 20.2 Å². The van der Waals surface area contributed by atoms with E-state index in [0.717, 1.165) is 0 Å². The van der Waals surface area contributed by atoms with Crippen LogP contribution in [0.25, 0.3) is 0 Å². The van der Waals surface area contributed by atoms with Gasteiger partial charge in [-0.2, -0.15) is 5.10 Å². The summed E-state index contributed by atoms with van der Waals surface area (Å²) in [5.41, 5.74) is 3.35. The first-order chi connectivity index (χ1) is 13.4. The van der Waals surface area contributed by atoms with Crippen LogP contribution in [-0.4, -0.2) is 36.9 Å². The Balaban J connectivity index is 1.92. The largest absolute Gasteiger partial charge is 0.503 e. The fraction of sp³-hybridized carbons (Fsp3) is 0.211. The first-order valence-corrected chi connectivity index (χ1v) is 9.14. The third kappa shape index (κ3) is 5.98. The number of aromatic hydroxyl groups is 1. The Morgan fingerprint density at radius 1 is 1.21 bits per heavy atom. The van der Waals surface area contributed by atoms with Crippen molar-refractivity contribution in [1.82, 2.24) is 5.43 Å². The maximum absolute atomic E-state index is 12.0. The summed E-state index contributed by atoms with van der Waals surface area (Å²) < 4.78 is 10.9. The van der Waals surface area contributed by atoms with Crippen molar-refractivity contribution in [1.29, 1.82) is 0 Å². The number of nitrogens with zero attached hydrogens (tertiary/aromatic N) is 1. The van der Waals surface area contributed by atoms with E-state index in [1.807, 2.05) is 0 Å². The van der Waals surface area contributed by atoms with Crippen LogP contribution in [0, 0.1) is 0 Å². The topological polar surface area (TPSA) is 109 Å². The number of nitrogens with one attached hydrogen (secondary N) is 2. The van der Waals surface area contributed by atoms with E-state index in [2.05, 4.69) is 31.8 Å². The number of para-hydroxylation sites is 2. The van der Waals surface area contributed by atoms with Crippen LogP contribution in [-0.2, 0) is 9.59 Å². The van der Waals surface area contributed by atoms with Gasteiger partial charge in [0, 0.05) is 0 Å². The van der Waals surface area contributed by atoms with Crippen molar-refractivity contribution < 1.29 is 24.2 Å². The van der Waals surface area contributed by atoms with E-state index >= 15 is 0 Å². The standard InChI is InChI=1S/C19H20BrN3O5/c1-3-28-16-9-12(8-13(20)19(16)26)11-21-23-18(25)10-17(24)22-14-6-4-5-7-15(14)27-2/h4-9,11,26H,3,10H2,1-2H3,(H,22,24)(H,23,25). The number of halogens is 1. The van der Waals surface area contributed by atoms with E-state index in [9.17, 15) is 14.7 Å². The van der Waals surface area contributed by atoms with Crippen molar-refractivity contribution in [2.75, 3.05) is 19.0 Å². The van der Waals surface area contributed by atoms with Crippen molar-refractivity contribution in [2.24, 2.45) is 5.10 Å². The van der Waals surface area contributed by atoms with Gasteiger partial charge in [0.15, 0.2) is 11.5 Å². The molecule has 2 aromatic carbocycles. The highest BCUT2D eigenvalue weighted by atomic mass is 79.9. The highest BCUT2D eigenvalue weighted by Gasteiger charge is 2.12. The van der Waals surface area contributed by atoms with Gasteiger partial charge in [-0.25, -0.2) is 5.43 Å². The minimum absolute atomic E-state index is 0.0175. The molecule has 0 aliphatic rings. The van der Waals surface area contributed by atoms with Crippen LogP contribution in [0.1, 0.15) is 18.9 Å². The molecule has 2 amide bonds. The fourth-order valence-corrected chi connectivity index (χ4v) is 2.70. The summed E-state index contributed by atoms with van der Waals surface area (Å²) >= 11 is 3.22. The molecule has 0 saturated heterocycles. The van der Waals surface area contributed by atoms with Crippen LogP contribution >= 0.6 is 15.9 Å². The zero-order valence-corrected chi connectivity index (χ0v) is 16.9. The average molecular weight is 450 g/mol. The second-order valence-electron chi connectivity index (χ2n) is 5.50. The lowest BCUT2D eigenvalue weighted by Crippen LogP contribution is -2.24. The van der Waals surface area contributed by atoms with Crippen LogP contribution in [0.3, 0.4) is 0 Å². The number of hydrazone groups is 1. The van der Waals surface area contributed by atoms with Gasteiger partial charge >= 0.3 is 0 Å². The molecule has 0 aromatic heterocycles. The van der Waals surface area contributed by atoms with Crippen molar-refractivity contribution >= 4 is 39.6 Å². The third-order valence-corrected chi connectivity index (χ3v) is 4.06. The number of hydrogen-bond donors (Lipinski definition) is 3. The molecule has 0 aliphatic heterocycles. The number of benzene rings is 2. The van der Waals surface area contributed by atoms with E-state index in [-0.39, 0.29) is 5.75 Å². The Hall–Kier alpha value is -3.07. The van der Waals surface area contributed by atoms with E-state index in [0.29, 0.717) is 33.8 Å². The second-order valence-corrected chi connectivity index (χ2v) is 6.36. The molecule has 0 atom stereocenters. The molecule has 2 aromatic rings. The maximum atomic E-state index is 12.0. The zero-order chi connectivity index (χ0) is 20.5. The zero-order valence-electron chi connectivity index (χ0n) is 15.4. The van der Waals surface area contributed by atoms with Gasteiger partial charge in [0.1, 0.15) is 12.2 Å². The van der Waals surface area contributed by atoms with Gasteiger partial charge in [0.25, 0.3) is 0 Å². The van der Waals surface area contributed by atoms with Gasteiger partial charge in [-0.1, -0.05) is 12.1 Å². The lowest BCUT2D eigenvalue weighted by atomic mass is 10.2. The quantitative estimate of drug-likeness (QED) is 0.326. The van der Waals surface area contributed by atoms with E-state index in [4.69, 9.17) is 9.47 Å². The summed E-state index contributed by atoms with van der Waals surface area (Å²) in [5, 5.41) is 16.3. The highest BCUT2D eigenvalue weighted by molar-refractivity contribution is 9.10. The molecule has 0 fully saturated rings. The molecule has 8 nitrogen and oxygen atoms in total. The monoisotopic (exact) mass is 449 g/mol. The molecule has 0 saturated carbocycles. The summed E-state index contributed by atoms with van der Waals surface area (Å²) in [5.74, 6) is -0.302. The molecule has 0 aliphatic carbocycles. The van der Waals surface area contributed by atoms with Crippen molar-refractivity contribution in [2.45, 2.75) is 13.3 Å². The molecule has 0 radical (unpaired) electrons.